The first kappa shape index (κ1) is 21.5. The van der Waals surface area contributed by atoms with E-state index in [0.29, 0.717) is 29.9 Å². The molecule has 0 atom stereocenters. The van der Waals surface area contributed by atoms with Crippen LogP contribution in [0.15, 0.2) is 66.2 Å². The molecule has 0 saturated heterocycles. The highest BCUT2D eigenvalue weighted by Crippen LogP contribution is 2.30. The van der Waals surface area contributed by atoms with Gasteiger partial charge in [-0.15, -0.1) is 0 Å². The van der Waals surface area contributed by atoms with Crippen LogP contribution >= 0.6 is 0 Å². The zero-order valence-electron chi connectivity index (χ0n) is 16.7. The van der Waals surface area contributed by atoms with Crippen LogP contribution in [0.5, 0.6) is 0 Å². The molecule has 0 saturated carbocycles. The highest BCUT2D eigenvalue weighted by atomic mass is 19.1. The van der Waals surface area contributed by atoms with Crippen LogP contribution in [0.3, 0.4) is 0 Å². The summed E-state index contributed by atoms with van der Waals surface area (Å²) in [4.78, 5) is 4.26. The summed E-state index contributed by atoms with van der Waals surface area (Å²) in [6, 6.07) is 13.3. The molecule has 0 N–H and O–H groups in total. The number of benzene rings is 2. The van der Waals surface area contributed by atoms with Crippen molar-refractivity contribution in [2.24, 2.45) is 4.99 Å². The molecule has 0 aliphatic carbocycles. The Labute approximate surface area is 167 Å². The number of allylic oxidation sites excluding steroid dienone is 3. The molecule has 0 unspecified atom stereocenters. The average Bonchev–Trinajstić information content (AvgIpc) is 2.73. The molecule has 0 fully saturated rings. The van der Waals surface area contributed by atoms with E-state index in [0.717, 1.165) is 29.5 Å². The molecule has 0 bridgehead atoms. The molecule has 2 nitrogen and oxygen atoms in total. The van der Waals surface area contributed by atoms with Crippen molar-refractivity contribution < 1.29 is 9.13 Å². The van der Waals surface area contributed by atoms with Crippen molar-refractivity contribution in [1.29, 1.82) is 0 Å². The third-order valence-corrected chi connectivity index (χ3v) is 4.58. The van der Waals surface area contributed by atoms with E-state index in [9.17, 15) is 4.39 Å². The molecule has 0 aliphatic heterocycles. The highest BCUT2D eigenvalue weighted by molar-refractivity contribution is 5.96. The zero-order chi connectivity index (χ0) is 20.4. The molecule has 28 heavy (non-hydrogen) atoms. The molecular formula is C25H28FNO. The topological polar surface area (TPSA) is 21.6 Å². The number of methoxy groups -OCH3 is 1. The van der Waals surface area contributed by atoms with Gasteiger partial charge in [-0.25, -0.2) is 4.39 Å². The minimum atomic E-state index is -0.216. The fraction of sp³-hybridized carbons (Fsp3) is 0.240. The van der Waals surface area contributed by atoms with Gasteiger partial charge >= 0.3 is 0 Å². The predicted octanol–water partition coefficient (Wildman–Crippen LogP) is 6.58. The van der Waals surface area contributed by atoms with Crippen LogP contribution in [-0.4, -0.2) is 20.4 Å². The van der Waals surface area contributed by atoms with Gasteiger partial charge in [-0.05, 0) is 48.7 Å². The lowest BCUT2D eigenvalue weighted by Gasteiger charge is -2.11. The summed E-state index contributed by atoms with van der Waals surface area (Å²) in [5.41, 5.74) is 5.02. The van der Waals surface area contributed by atoms with Gasteiger partial charge in [0.2, 0.25) is 0 Å². The third-order valence-electron chi connectivity index (χ3n) is 4.58. The van der Waals surface area contributed by atoms with Gasteiger partial charge in [-0.3, -0.25) is 4.99 Å². The van der Waals surface area contributed by atoms with E-state index >= 15 is 0 Å². The molecule has 2 aromatic rings. The number of hydrogen-bond acceptors (Lipinski definition) is 2. The third kappa shape index (κ3) is 5.61. The van der Waals surface area contributed by atoms with Crippen molar-refractivity contribution in [3.05, 3.63) is 89.3 Å². The maximum Gasteiger partial charge on any atom is 0.127 e. The molecule has 2 aromatic carbocycles. The molecule has 0 heterocycles. The molecule has 0 aromatic heterocycles. The number of unbranched alkanes of at least 4 members (excludes halogenated alkanes) is 1. The second kappa shape index (κ2) is 11.2. The van der Waals surface area contributed by atoms with Gasteiger partial charge in [-0.1, -0.05) is 68.1 Å². The highest BCUT2D eigenvalue weighted by Gasteiger charge is 2.11. The largest absolute Gasteiger partial charge is 0.385 e. The average molecular weight is 378 g/mol. The Balaban J connectivity index is 2.52. The Morgan fingerprint density at radius 2 is 1.86 bits per heavy atom. The molecule has 0 radical (unpaired) electrons. The second-order valence-corrected chi connectivity index (χ2v) is 6.44. The number of aryl methyl sites for hydroxylation is 1. The SMILES string of the molecule is C=Cc1ccc(C(/C=C/CCCOC)=C(/N=C)c2ccc(CC)c(F)c2)cc1. The van der Waals surface area contributed by atoms with Crippen LogP contribution in [0.25, 0.3) is 17.3 Å². The van der Waals surface area contributed by atoms with Crippen LogP contribution in [0.4, 0.5) is 4.39 Å². The summed E-state index contributed by atoms with van der Waals surface area (Å²) in [6.45, 7) is 10.2. The number of nitrogens with zero attached hydrogens (tertiary/aromatic N) is 1. The molecule has 0 amide bonds. The summed E-state index contributed by atoms with van der Waals surface area (Å²) in [7, 11) is 1.70. The van der Waals surface area contributed by atoms with Gasteiger partial charge in [0.05, 0.1) is 5.70 Å². The zero-order valence-corrected chi connectivity index (χ0v) is 16.7. The van der Waals surface area contributed by atoms with Crippen LogP contribution in [-0.2, 0) is 11.2 Å². The Morgan fingerprint density at radius 3 is 2.43 bits per heavy atom. The fourth-order valence-corrected chi connectivity index (χ4v) is 2.97. The molecule has 3 heteroatoms. The number of halogens is 1. The minimum Gasteiger partial charge on any atom is -0.385 e. The van der Waals surface area contributed by atoms with Crippen molar-refractivity contribution in [2.45, 2.75) is 26.2 Å². The van der Waals surface area contributed by atoms with E-state index in [2.05, 4.69) is 24.4 Å². The van der Waals surface area contributed by atoms with Crippen LogP contribution < -0.4 is 0 Å². The number of aliphatic imine (C=N–C) groups is 1. The van der Waals surface area contributed by atoms with Crippen LogP contribution in [0.1, 0.15) is 42.0 Å². The van der Waals surface area contributed by atoms with E-state index in [1.54, 1.807) is 19.3 Å². The summed E-state index contributed by atoms with van der Waals surface area (Å²) in [6.07, 6.45) is 8.41. The normalized spacial score (nSPS) is 12.1. The van der Waals surface area contributed by atoms with Crippen molar-refractivity contribution in [1.82, 2.24) is 0 Å². The first-order chi connectivity index (χ1) is 13.6. The number of hydrogen-bond donors (Lipinski definition) is 0. The Bertz CT molecular complexity index is 863. The molecule has 2 rings (SSSR count). The number of rotatable bonds is 10. The van der Waals surface area contributed by atoms with E-state index in [1.807, 2.05) is 49.4 Å². The molecule has 146 valence electrons. The Morgan fingerprint density at radius 1 is 1.14 bits per heavy atom. The minimum absolute atomic E-state index is 0.216. The van der Waals surface area contributed by atoms with Crippen molar-refractivity contribution in [2.75, 3.05) is 13.7 Å². The molecular weight excluding hydrogens is 349 g/mol. The maximum absolute atomic E-state index is 14.4. The summed E-state index contributed by atoms with van der Waals surface area (Å²) >= 11 is 0. The van der Waals surface area contributed by atoms with E-state index < -0.39 is 0 Å². The first-order valence-corrected chi connectivity index (χ1v) is 9.52. The Kier molecular flexibility index (Phi) is 8.57. The summed E-state index contributed by atoms with van der Waals surface area (Å²) in [5, 5.41) is 0. The second-order valence-electron chi connectivity index (χ2n) is 6.44. The first-order valence-electron chi connectivity index (χ1n) is 9.52. The lowest BCUT2D eigenvalue weighted by molar-refractivity contribution is 0.196. The fourth-order valence-electron chi connectivity index (χ4n) is 2.97. The van der Waals surface area contributed by atoms with Crippen molar-refractivity contribution >= 4 is 24.1 Å². The van der Waals surface area contributed by atoms with E-state index in [4.69, 9.17) is 4.74 Å². The van der Waals surface area contributed by atoms with Crippen LogP contribution in [0.2, 0.25) is 0 Å². The van der Waals surface area contributed by atoms with E-state index in [1.165, 1.54) is 0 Å². The molecule has 0 aliphatic rings. The Hall–Kier alpha value is -2.78. The van der Waals surface area contributed by atoms with E-state index in [-0.39, 0.29) is 5.82 Å². The van der Waals surface area contributed by atoms with Crippen LogP contribution in [0, 0.1) is 5.82 Å². The van der Waals surface area contributed by atoms with Crippen molar-refractivity contribution in [3.8, 4) is 0 Å². The lowest BCUT2D eigenvalue weighted by atomic mass is 9.97. The van der Waals surface area contributed by atoms with Gasteiger partial charge in [0.1, 0.15) is 5.82 Å². The summed E-state index contributed by atoms with van der Waals surface area (Å²) < 4.78 is 19.5. The monoisotopic (exact) mass is 377 g/mol. The van der Waals surface area contributed by atoms with Crippen molar-refractivity contribution in [3.63, 3.8) is 0 Å². The number of ether oxygens (including phenoxy) is 1. The van der Waals surface area contributed by atoms with Gasteiger partial charge in [0, 0.05) is 24.9 Å². The van der Waals surface area contributed by atoms with Gasteiger partial charge in [0.15, 0.2) is 0 Å². The van der Waals surface area contributed by atoms with Gasteiger partial charge in [-0.2, -0.15) is 0 Å². The van der Waals surface area contributed by atoms with Gasteiger partial charge in [0.25, 0.3) is 0 Å². The maximum atomic E-state index is 14.4. The quantitative estimate of drug-likeness (QED) is 0.198. The standard InChI is InChI=1S/C25H28FNO/c1-5-19-11-13-21(14-12-19)23(10-8-7-9-17-28-4)25(27-3)22-16-15-20(6-2)24(26)18-22/h5,8,10-16,18H,1,3,6-7,9,17H2,2,4H3/b10-8+,25-23+. The van der Waals surface area contributed by atoms with Gasteiger partial charge < -0.3 is 4.74 Å². The molecule has 0 spiro atoms. The summed E-state index contributed by atoms with van der Waals surface area (Å²) in [5.74, 6) is -0.216. The predicted molar refractivity (Wildman–Crippen MR) is 119 cm³/mol. The lowest BCUT2D eigenvalue weighted by Crippen LogP contribution is -1.94. The smallest absolute Gasteiger partial charge is 0.127 e.